The van der Waals surface area contributed by atoms with Crippen molar-refractivity contribution >= 4 is 28.7 Å². The van der Waals surface area contributed by atoms with E-state index in [1.54, 1.807) is 11.8 Å². The van der Waals surface area contributed by atoms with Gasteiger partial charge in [-0.05, 0) is 17.5 Å². The predicted octanol–water partition coefficient (Wildman–Crippen LogP) is 3.35. The van der Waals surface area contributed by atoms with E-state index in [4.69, 9.17) is 9.97 Å². The molecule has 36 heavy (non-hydrogen) atoms. The fourth-order valence-corrected chi connectivity index (χ4v) is 5.16. The lowest BCUT2D eigenvalue weighted by molar-refractivity contribution is 0.249. The van der Waals surface area contributed by atoms with Crippen LogP contribution in [-0.4, -0.2) is 56.4 Å². The van der Waals surface area contributed by atoms with Gasteiger partial charge in [-0.15, -0.1) is 0 Å². The molecule has 1 N–H and O–H groups in total. The lowest BCUT2D eigenvalue weighted by Gasteiger charge is -2.35. The van der Waals surface area contributed by atoms with E-state index in [0.29, 0.717) is 22.1 Å². The van der Waals surface area contributed by atoms with Crippen molar-refractivity contribution in [1.82, 2.24) is 24.4 Å². The van der Waals surface area contributed by atoms with E-state index < -0.39 is 11.1 Å². The number of nitrogens with zero attached hydrogens (tertiary/aromatic N) is 5. The highest BCUT2D eigenvalue weighted by molar-refractivity contribution is 7.99. The molecule has 0 saturated carbocycles. The second-order valence-electron chi connectivity index (χ2n) is 8.96. The monoisotopic (exact) mass is 502 g/mol. The third kappa shape index (κ3) is 5.37. The van der Waals surface area contributed by atoms with Gasteiger partial charge in [-0.3, -0.25) is 19.1 Å². The molecule has 186 valence electrons. The van der Waals surface area contributed by atoms with Gasteiger partial charge in [0.25, 0.3) is 0 Å². The molecular weight excluding hydrogens is 472 g/mol. The number of H-pyrrole nitrogens is 1. The molecule has 1 fully saturated rings. The Morgan fingerprint density at radius 1 is 0.861 bits per heavy atom. The second-order valence-corrected chi connectivity index (χ2v) is 10.0. The van der Waals surface area contributed by atoms with E-state index in [9.17, 15) is 9.59 Å². The largest absolute Gasteiger partial charge is 0.352 e. The number of fused-ring (bicyclic) bond motifs is 1. The summed E-state index contributed by atoms with van der Waals surface area (Å²) in [6, 6.07) is 20.1. The summed E-state index contributed by atoms with van der Waals surface area (Å²) in [5, 5.41) is 0.624. The Morgan fingerprint density at radius 2 is 1.50 bits per heavy atom. The van der Waals surface area contributed by atoms with Gasteiger partial charge in [0.1, 0.15) is 5.52 Å². The Kier molecular flexibility index (Phi) is 7.48. The SMILES string of the molecule is CCCSc1nc(N2CCN(Cc3ccccc3)CC2)c2[nH]c(=O)c(=O)n(Cc3ccccc3)c2n1. The third-order valence-corrected chi connectivity index (χ3v) is 7.38. The molecule has 1 aliphatic heterocycles. The maximum absolute atomic E-state index is 12.9. The second kappa shape index (κ2) is 11.1. The summed E-state index contributed by atoms with van der Waals surface area (Å²) < 4.78 is 1.48. The van der Waals surface area contributed by atoms with Crippen molar-refractivity contribution < 1.29 is 0 Å². The van der Waals surface area contributed by atoms with E-state index in [-0.39, 0.29) is 6.54 Å². The van der Waals surface area contributed by atoms with E-state index in [1.807, 2.05) is 36.4 Å². The zero-order valence-electron chi connectivity index (χ0n) is 20.4. The van der Waals surface area contributed by atoms with Crippen molar-refractivity contribution in [3.63, 3.8) is 0 Å². The van der Waals surface area contributed by atoms with Crippen molar-refractivity contribution in [3.8, 4) is 0 Å². The van der Waals surface area contributed by atoms with Gasteiger partial charge in [0.15, 0.2) is 16.6 Å². The molecule has 0 radical (unpaired) electrons. The van der Waals surface area contributed by atoms with Crippen LogP contribution in [0.15, 0.2) is 75.4 Å². The zero-order chi connectivity index (χ0) is 24.9. The van der Waals surface area contributed by atoms with Crippen LogP contribution in [-0.2, 0) is 13.1 Å². The van der Waals surface area contributed by atoms with Crippen LogP contribution in [0.4, 0.5) is 5.82 Å². The fourth-order valence-electron chi connectivity index (χ4n) is 4.47. The first-order valence-corrected chi connectivity index (χ1v) is 13.3. The van der Waals surface area contributed by atoms with Crippen LogP contribution in [0, 0.1) is 0 Å². The Morgan fingerprint density at radius 3 is 2.14 bits per heavy atom. The summed E-state index contributed by atoms with van der Waals surface area (Å²) in [5.41, 5.74) is 1.97. The van der Waals surface area contributed by atoms with Crippen LogP contribution in [0.2, 0.25) is 0 Å². The Balaban J connectivity index is 1.50. The van der Waals surface area contributed by atoms with Crippen LogP contribution in [0.5, 0.6) is 0 Å². The summed E-state index contributed by atoms with van der Waals surface area (Å²) in [6.07, 6.45) is 0.988. The number of aromatic nitrogens is 4. The standard InChI is InChI=1S/C27H30N6O2S/c1-2-17-36-27-29-23(32-15-13-31(14-16-32)18-20-9-5-3-6-10-20)22-24(30-27)33(26(35)25(34)28-22)19-21-11-7-4-8-12-21/h3-12H,2,13-19H2,1H3,(H,28,34). The minimum absolute atomic E-state index is 0.277. The zero-order valence-corrected chi connectivity index (χ0v) is 21.2. The lowest BCUT2D eigenvalue weighted by Crippen LogP contribution is -2.46. The molecule has 0 amide bonds. The van der Waals surface area contributed by atoms with Crippen LogP contribution in [0.1, 0.15) is 24.5 Å². The summed E-state index contributed by atoms with van der Waals surface area (Å²) in [5.74, 6) is 1.57. The molecule has 1 saturated heterocycles. The quantitative estimate of drug-likeness (QED) is 0.225. The normalized spacial score (nSPS) is 14.4. The van der Waals surface area contributed by atoms with Crippen LogP contribution in [0.25, 0.3) is 11.2 Å². The van der Waals surface area contributed by atoms with Gasteiger partial charge in [-0.1, -0.05) is 79.3 Å². The smallest absolute Gasteiger partial charge is 0.318 e. The van der Waals surface area contributed by atoms with Crippen molar-refractivity contribution in [2.45, 2.75) is 31.6 Å². The Bertz CT molecular complexity index is 1430. The number of hydrogen-bond acceptors (Lipinski definition) is 7. The first-order valence-electron chi connectivity index (χ1n) is 12.3. The van der Waals surface area contributed by atoms with Gasteiger partial charge in [-0.2, -0.15) is 0 Å². The number of thioether (sulfide) groups is 1. The Labute approximate surface area is 214 Å². The van der Waals surface area contributed by atoms with Gasteiger partial charge in [0.2, 0.25) is 0 Å². The lowest BCUT2D eigenvalue weighted by atomic mass is 10.2. The van der Waals surface area contributed by atoms with Crippen LogP contribution in [0.3, 0.4) is 0 Å². The molecule has 0 unspecified atom stereocenters. The molecule has 3 heterocycles. The molecule has 0 aliphatic carbocycles. The number of anilines is 1. The summed E-state index contributed by atoms with van der Waals surface area (Å²) in [4.78, 5) is 42.7. The maximum Gasteiger partial charge on any atom is 0.318 e. The third-order valence-electron chi connectivity index (χ3n) is 6.32. The van der Waals surface area contributed by atoms with E-state index >= 15 is 0 Å². The molecule has 1 aliphatic rings. The summed E-state index contributed by atoms with van der Waals surface area (Å²) in [6.45, 7) is 6.61. The van der Waals surface area contributed by atoms with Crippen molar-refractivity contribution in [1.29, 1.82) is 0 Å². The molecule has 9 heteroatoms. The van der Waals surface area contributed by atoms with Crippen LogP contribution < -0.4 is 16.0 Å². The first-order chi connectivity index (χ1) is 17.6. The maximum atomic E-state index is 12.9. The first kappa shape index (κ1) is 24.3. The average Bonchev–Trinajstić information content (AvgIpc) is 2.91. The van der Waals surface area contributed by atoms with Crippen LogP contribution >= 0.6 is 11.8 Å². The van der Waals surface area contributed by atoms with E-state index in [0.717, 1.165) is 50.5 Å². The number of piperazine rings is 1. The van der Waals surface area contributed by atoms with E-state index in [2.05, 4.69) is 46.0 Å². The molecule has 0 spiro atoms. The molecule has 5 rings (SSSR count). The van der Waals surface area contributed by atoms with Gasteiger partial charge >= 0.3 is 11.1 Å². The highest BCUT2D eigenvalue weighted by Gasteiger charge is 2.23. The molecule has 2 aromatic heterocycles. The molecule has 2 aromatic carbocycles. The van der Waals surface area contributed by atoms with Gasteiger partial charge in [0.05, 0.1) is 6.54 Å². The predicted molar refractivity (Wildman–Crippen MR) is 145 cm³/mol. The number of benzene rings is 2. The molecular formula is C27H30N6O2S. The van der Waals surface area contributed by atoms with Gasteiger partial charge in [-0.25, -0.2) is 9.97 Å². The Hall–Kier alpha value is -3.43. The van der Waals surface area contributed by atoms with Gasteiger partial charge in [0, 0.05) is 38.5 Å². The van der Waals surface area contributed by atoms with Crippen molar-refractivity contribution in [3.05, 3.63) is 92.5 Å². The van der Waals surface area contributed by atoms with Gasteiger partial charge < -0.3 is 9.88 Å². The number of nitrogens with one attached hydrogen (secondary N) is 1. The minimum atomic E-state index is -0.653. The fraction of sp³-hybridized carbons (Fsp3) is 0.333. The molecule has 8 nitrogen and oxygen atoms in total. The molecule has 4 aromatic rings. The molecule has 0 bridgehead atoms. The minimum Gasteiger partial charge on any atom is -0.352 e. The number of rotatable bonds is 8. The summed E-state index contributed by atoms with van der Waals surface area (Å²) >= 11 is 1.57. The highest BCUT2D eigenvalue weighted by Crippen LogP contribution is 2.26. The topological polar surface area (TPSA) is 87.1 Å². The van der Waals surface area contributed by atoms with Crippen molar-refractivity contribution in [2.24, 2.45) is 0 Å². The highest BCUT2D eigenvalue weighted by atomic mass is 32.2. The summed E-state index contributed by atoms with van der Waals surface area (Å²) in [7, 11) is 0. The van der Waals surface area contributed by atoms with Crippen molar-refractivity contribution in [2.75, 3.05) is 36.8 Å². The number of hydrogen-bond donors (Lipinski definition) is 1. The number of aromatic amines is 1. The van der Waals surface area contributed by atoms with E-state index in [1.165, 1.54) is 10.1 Å². The average molecular weight is 503 g/mol. The molecule has 0 atom stereocenters.